The molecule has 20 heavy (non-hydrogen) atoms. The minimum atomic E-state index is -0.684. The van der Waals surface area contributed by atoms with Gasteiger partial charge in [-0.15, -0.1) is 0 Å². The normalized spacial score (nSPS) is 11.2. The average molecular weight is 313 g/mol. The van der Waals surface area contributed by atoms with Gasteiger partial charge in [0.15, 0.2) is 5.82 Å². The summed E-state index contributed by atoms with van der Waals surface area (Å²) in [4.78, 5) is 7.02. The Hall–Kier alpha value is -1.65. The third-order valence-corrected chi connectivity index (χ3v) is 3.65. The van der Waals surface area contributed by atoms with Crippen LogP contribution < -0.4 is 0 Å². The second kappa shape index (κ2) is 5.04. The van der Waals surface area contributed by atoms with Crippen LogP contribution in [0.4, 0.5) is 8.78 Å². The fraction of sp³-hybridized carbons (Fsp3) is 0.0714. The van der Waals surface area contributed by atoms with Crippen LogP contribution in [0, 0.1) is 11.6 Å². The van der Waals surface area contributed by atoms with Crippen LogP contribution in [0.2, 0.25) is 10.0 Å². The molecular formula is C14H8Cl2F2N2. The fourth-order valence-electron chi connectivity index (χ4n) is 2.02. The molecule has 3 aromatic rings. The maximum Gasteiger partial charge on any atom is 0.153 e. The Kier molecular flexibility index (Phi) is 3.36. The van der Waals surface area contributed by atoms with Gasteiger partial charge < -0.3 is 4.98 Å². The molecule has 0 radical (unpaired) electrons. The smallest absolute Gasteiger partial charge is 0.153 e. The van der Waals surface area contributed by atoms with Crippen LogP contribution in [0.5, 0.6) is 0 Å². The first-order valence-electron chi connectivity index (χ1n) is 5.80. The molecule has 0 bridgehead atoms. The number of fused-ring (bicyclic) bond motifs is 1. The summed E-state index contributed by atoms with van der Waals surface area (Å²) in [6, 6.07) is 7.23. The molecule has 0 saturated carbocycles. The molecule has 102 valence electrons. The van der Waals surface area contributed by atoms with Crippen LogP contribution in [0.25, 0.3) is 11.0 Å². The molecule has 0 saturated heterocycles. The lowest BCUT2D eigenvalue weighted by atomic mass is 10.1. The van der Waals surface area contributed by atoms with Crippen molar-refractivity contribution in [3.05, 3.63) is 63.4 Å². The lowest BCUT2D eigenvalue weighted by Gasteiger charge is -2.00. The van der Waals surface area contributed by atoms with Gasteiger partial charge in [-0.3, -0.25) is 0 Å². The van der Waals surface area contributed by atoms with Gasteiger partial charge in [0.2, 0.25) is 0 Å². The van der Waals surface area contributed by atoms with Gasteiger partial charge >= 0.3 is 0 Å². The first kappa shape index (κ1) is 13.3. The average Bonchev–Trinajstić information content (AvgIpc) is 2.76. The van der Waals surface area contributed by atoms with Crippen molar-refractivity contribution in [3.63, 3.8) is 0 Å². The van der Waals surface area contributed by atoms with E-state index in [-0.39, 0.29) is 5.52 Å². The van der Waals surface area contributed by atoms with Crippen molar-refractivity contribution in [3.8, 4) is 0 Å². The van der Waals surface area contributed by atoms with E-state index in [1.165, 1.54) is 6.07 Å². The van der Waals surface area contributed by atoms with Crippen LogP contribution >= 0.6 is 23.2 Å². The van der Waals surface area contributed by atoms with Gasteiger partial charge in [0.05, 0.1) is 15.6 Å². The Morgan fingerprint density at radius 3 is 2.60 bits per heavy atom. The molecule has 1 aromatic heterocycles. The van der Waals surface area contributed by atoms with Crippen LogP contribution in [0.1, 0.15) is 11.4 Å². The molecule has 0 amide bonds. The van der Waals surface area contributed by atoms with Crippen LogP contribution in [-0.2, 0) is 6.42 Å². The predicted molar refractivity (Wildman–Crippen MR) is 75.3 cm³/mol. The standard InChI is InChI=1S/C14H8Cl2F2N2/c15-9-2-1-7(3-10(9)16)4-13-19-12-6-8(17)5-11(18)14(12)20-13/h1-3,5-6H,4H2,(H,19,20). The molecule has 6 heteroatoms. The summed E-state index contributed by atoms with van der Waals surface area (Å²) in [6.07, 6.45) is 0.423. The van der Waals surface area contributed by atoms with Gasteiger partial charge in [0.1, 0.15) is 17.2 Å². The van der Waals surface area contributed by atoms with Crippen molar-refractivity contribution >= 4 is 34.2 Å². The highest BCUT2D eigenvalue weighted by Gasteiger charge is 2.10. The molecule has 0 aliphatic heterocycles. The molecule has 0 spiro atoms. The van der Waals surface area contributed by atoms with E-state index in [2.05, 4.69) is 9.97 Å². The Balaban J connectivity index is 1.98. The lowest BCUT2D eigenvalue weighted by molar-refractivity contribution is 0.590. The number of benzene rings is 2. The van der Waals surface area contributed by atoms with E-state index < -0.39 is 11.6 Å². The quantitative estimate of drug-likeness (QED) is 0.727. The lowest BCUT2D eigenvalue weighted by Crippen LogP contribution is -1.90. The first-order chi connectivity index (χ1) is 9.52. The van der Waals surface area contributed by atoms with E-state index in [0.29, 0.717) is 27.8 Å². The van der Waals surface area contributed by atoms with Crippen molar-refractivity contribution in [1.82, 2.24) is 9.97 Å². The van der Waals surface area contributed by atoms with Crippen molar-refractivity contribution in [2.45, 2.75) is 6.42 Å². The van der Waals surface area contributed by atoms with E-state index in [1.807, 2.05) is 0 Å². The Labute approximate surface area is 123 Å². The van der Waals surface area contributed by atoms with E-state index in [1.54, 1.807) is 18.2 Å². The summed E-state index contributed by atoms with van der Waals surface area (Å²) < 4.78 is 26.7. The van der Waals surface area contributed by atoms with Gasteiger partial charge in [0, 0.05) is 12.5 Å². The van der Waals surface area contributed by atoms with Gasteiger partial charge in [-0.25, -0.2) is 13.8 Å². The topological polar surface area (TPSA) is 28.7 Å². The molecule has 0 aliphatic rings. The number of imidazole rings is 1. The van der Waals surface area contributed by atoms with E-state index in [0.717, 1.165) is 11.6 Å². The van der Waals surface area contributed by atoms with Crippen LogP contribution in [0.15, 0.2) is 30.3 Å². The van der Waals surface area contributed by atoms with Crippen LogP contribution in [0.3, 0.4) is 0 Å². The number of aromatic amines is 1. The molecule has 3 rings (SSSR count). The third-order valence-electron chi connectivity index (χ3n) is 2.91. The van der Waals surface area contributed by atoms with Crippen molar-refractivity contribution in [2.75, 3.05) is 0 Å². The third kappa shape index (κ3) is 2.49. The largest absolute Gasteiger partial charge is 0.342 e. The van der Waals surface area contributed by atoms with Gasteiger partial charge in [-0.05, 0) is 23.8 Å². The maximum absolute atomic E-state index is 13.6. The molecule has 0 fully saturated rings. The number of nitrogens with one attached hydrogen (secondary N) is 1. The zero-order valence-corrected chi connectivity index (χ0v) is 11.6. The fourth-order valence-corrected chi connectivity index (χ4v) is 2.34. The number of H-pyrrole nitrogens is 1. The molecule has 0 aliphatic carbocycles. The number of halogens is 4. The zero-order chi connectivity index (χ0) is 14.3. The SMILES string of the molecule is Fc1cc(F)c2nc(Cc3ccc(Cl)c(Cl)c3)[nH]c2c1. The molecule has 2 nitrogen and oxygen atoms in total. The first-order valence-corrected chi connectivity index (χ1v) is 6.56. The predicted octanol–water partition coefficient (Wildman–Crippen LogP) is 4.74. The highest BCUT2D eigenvalue weighted by Crippen LogP contribution is 2.24. The maximum atomic E-state index is 13.6. The number of aromatic nitrogens is 2. The van der Waals surface area contributed by atoms with Crippen molar-refractivity contribution < 1.29 is 8.78 Å². The summed E-state index contributed by atoms with van der Waals surface area (Å²) >= 11 is 11.8. The number of hydrogen-bond donors (Lipinski definition) is 1. The summed E-state index contributed by atoms with van der Waals surface area (Å²) in [7, 11) is 0. The Morgan fingerprint density at radius 2 is 1.85 bits per heavy atom. The summed E-state index contributed by atoms with van der Waals surface area (Å²) in [5.74, 6) is -0.792. The molecular weight excluding hydrogens is 305 g/mol. The molecule has 2 aromatic carbocycles. The molecule has 1 N–H and O–H groups in total. The summed E-state index contributed by atoms with van der Waals surface area (Å²) in [6.45, 7) is 0. The van der Waals surface area contributed by atoms with Gasteiger partial charge in [-0.2, -0.15) is 0 Å². The van der Waals surface area contributed by atoms with E-state index in [4.69, 9.17) is 23.2 Å². The molecule has 0 atom stereocenters. The van der Waals surface area contributed by atoms with E-state index >= 15 is 0 Å². The molecule has 1 heterocycles. The summed E-state index contributed by atoms with van der Waals surface area (Å²) in [5, 5.41) is 0.908. The number of nitrogens with zero attached hydrogens (tertiary/aromatic N) is 1. The minimum Gasteiger partial charge on any atom is -0.342 e. The summed E-state index contributed by atoms with van der Waals surface area (Å²) in [5.41, 5.74) is 1.33. The van der Waals surface area contributed by atoms with Crippen molar-refractivity contribution in [2.24, 2.45) is 0 Å². The zero-order valence-electron chi connectivity index (χ0n) is 10.1. The highest BCUT2D eigenvalue weighted by atomic mass is 35.5. The van der Waals surface area contributed by atoms with Gasteiger partial charge in [-0.1, -0.05) is 29.3 Å². The molecule has 0 unspecified atom stereocenters. The van der Waals surface area contributed by atoms with Crippen LogP contribution in [-0.4, -0.2) is 9.97 Å². The second-order valence-electron chi connectivity index (χ2n) is 4.39. The highest BCUT2D eigenvalue weighted by molar-refractivity contribution is 6.42. The monoisotopic (exact) mass is 312 g/mol. The second-order valence-corrected chi connectivity index (χ2v) is 5.21. The number of hydrogen-bond acceptors (Lipinski definition) is 1. The Morgan fingerprint density at radius 1 is 1.05 bits per heavy atom. The number of rotatable bonds is 2. The van der Waals surface area contributed by atoms with Crippen molar-refractivity contribution in [1.29, 1.82) is 0 Å². The Bertz CT molecular complexity index is 799. The van der Waals surface area contributed by atoms with E-state index in [9.17, 15) is 8.78 Å². The minimum absolute atomic E-state index is 0.126. The van der Waals surface area contributed by atoms with Gasteiger partial charge in [0.25, 0.3) is 0 Å².